The van der Waals surface area contributed by atoms with Gasteiger partial charge >= 0.3 is 0 Å². The lowest BCUT2D eigenvalue weighted by Crippen LogP contribution is -2.61. The van der Waals surface area contributed by atoms with Gasteiger partial charge in [0.2, 0.25) is 0 Å². The maximum absolute atomic E-state index is 13.3. The molecule has 0 radical (unpaired) electrons. The van der Waals surface area contributed by atoms with Crippen LogP contribution in [-0.4, -0.2) is 31.4 Å². The molecule has 0 heterocycles. The molecule has 3 atom stereocenters. The SMILES string of the molecule is CCCNC1CC(Oc2cc(F)ccc2Br)C1OCCC. The molecule has 3 nitrogen and oxygen atoms in total. The number of rotatable bonds is 8. The van der Waals surface area contributed by atoms with Crippen molar-refractivity contribution >= 4 is 15.9 Å². The second-order valence-electron chi connectivity index (χ2n) is 5.36. The minimum absolute atomic E-state index is 0.0241. The average Bonchev–Trinajstić information content (AvgIpc) is 2.46. The predicted molar refractivity (Wildman–Crippen MR) is 85.2 cm³/mol. The van der Waals surface area contributed by atoms with Crippen LogP contribution in [0.15, 0.2) is 22.7 Å². The first-order chi connectivity index (χ1) is 10.2. The van der Waals surface area contributed by atoms with Crippen LogP contribution in [0.25, 0.3) is 0 Å². The van der Waals surface area contributed by atoms with Gasteiger partial charge in [-0.3, -0.25) is 0 Å². The molecule has 1 N–H and O–H groups in total. The van der Waals surface area contributed by atoms with E-state index in [1.165, 1.54) is 12.1 Å². The summed E-state index contributed by atoms with van der Waals surface area (Å²) < 4.78 is 25.9. The quantitative estimate of drug-likeness (QED) is 0.763. The standard InChI is InChI=1S/C16H23BrFNO2/c1-3-7-19-13-10-15(16(13)20-8-4-2)21-14-9-11(18)5-6-12(14)17/h5-6,9,13,15-16,19H,3-4,7-8,10H2,1-2H3. The van der Waals surface area contributed by atoms with Gasteiger partial charge < -0.3 is 14.8 Å². The molecule has 21 heavy (non-hydrogen) atoms. The molecule has 0 aromatic heterocycles. The summed E-state index contributed by atoms with van der Waals surface area (Å²) in [6.45, 7) is 5.93. The van der Waals surface area contributed by atoms with Gasteiger partial charge in [0.1, 0.15) is 23.8 Å². The van der Waals surface area contributed by atoms with E-state index in [9.17, 15) is 4.39 Å². The fourth-order valence-corrected chi connectivity index (χ4v) is 2.77. The van der Waals surface area contributed by atoms with Crippen molar-refractivity contribution in [2.45, 2.75) is 51.4 Å². The largest absolute Gasteiger partial charge is 0.486 e. The van der Waals surface area contributed by atoms with Gasteiger partial charge in [0.15, 0.2) is 0 Å². The van der Waals surface area contributed by atoms with E-state index < -0.39 is 0 Å². The zero-order valence-corrected chi connectivity index (χ0v) is 14.2. The highest BCUT2D eigenvalue weighted by Gasteiger charge is 2.43. The van der Waals surface area contributed by atoms with Crippen LogP contribution >= 0.6 is 15.9 Å². The number of halogens is 2. The molecule has 1 saturated carbocycles. The molecule has 1 aliphatic carbocycles. The van der Waals surface area contributed by atoms with Crippen molar-refractivity contribution < 1.29 is 13.9 Å². The lowest BCUT2D eigenvalue weighted by Gasteiger charge is -2.44. The molecule has 0 saturated heterocycles. The highest BCUT2D eigenvalue weighted by atomic mass is 79.9. The summed E-state index contributed by atoms with van der Waals surface area (Å²) >= 11 is 3.39. The fraction of sp³-hybridized carbons (Fsp3) is 0.625. The molecule has 118 valence electrons. The molecule has 0 aliphatic heterocycles. The van der Waals surface area contributed by atoms with Crippen LogP contribution in [0.5, 0.6) is 5.75 Å². The van der Waals surface area contributed by atoms with Gasteiger partial charge in [0.05, 0.1) is 4.47 Å². The Morgan fingerprint density at radius 1 is 1.33 bits per heavy atom. The van der Waals surface area contributed by atoms with Crippen molar-refractivity contribution in [3.8, 4) is 5.75 Å². The van der Waals surface area contributed by atoms with Crippen molar-refractivity contribution in [2.75, 3.05) is 13.2 Å². The summed E-state index contributed by atoms with van der Waals surface area (Å²) in [4.78, 5) is 0. The van der Waals surface area contributed by atoms with Crippen LogP contribution < -0.4 is 10.1 Å². The van der Waals surface area contributed by atoms with Crippen molar-refractivity contribution in [1.82, 2.24) is 5.32 Å². The minimum atomic E-state index is -0.292. The van der Waals surface area contributed by atoms with E-state index in [1.54, 1.807) is 6.07 Å². The number of hydrogen-bond donors (Lipinski definition) is 1. The normalized spacial score (nSPS) is 24.7. The Morgan fingerprint density at radius 2 is 2.14 bits per heavy atom. The van der Waals surface area contributed by atoms with Crippen molar-refractivity contribution in [3.05, 3.63) is 28.5 Å². The zero-order chi connectivity index (χ0) is 15.2. The third-order valence-corrected chi connectivity index (χ3v) is 4.25. The topological polar surface area (TPSA) is 30.5 Å². The molecule has 1 aromatic carbocycles. The third-order valence-electron chi connectivity index (χ3n) is 3.59. The van der Waals surface area contributed by atoms with Crippen molar-refractivity contribution in [2.24, 2.45) is 0 Å². The Labute approximate surface area is 134 Å². The molecule has 0 amide bonds. The third kappa shape index (κ3) is 4.41. The van der Waals surface area contributed by atoms with Gasteiger partial charge in [-0.2, -0.15) is 0 Å². The van der Waals surface area contributed by atoms with Gasteiger partial charge in [-0.15, -0.1) is 0 Å². The molecule has 0 spiro atoms. The maximum atomic E-state index is 13.3. The first-order valence-electron chi connectivity index (χ1n) is 7.62. The summed E-state index contributed by atoms with van der Waals surface area (Å²) in [5.41, 5.74) is 0. The van der Waals surface area contributed by atoms with E-state index in [1.807, 2.05) is 0 Å². The Morgan fingerprint density at radius 3 is 2.86 bits per heavy atom. The molecule has 0 bridgehead atoms. The fourth-order valence-electron chi connectivity index (χ4n) is 2.43. The highest BCUT2D eigenvalue weighted by Crippen LogP contribution is 2.33. The number of ether oxygens (including phenoxy) is 2. The predicted octanol–water partition coefficient (Wildman–Crippen LogP) is 3.90. The average molecular weight is 360 g/mol. The molecular weight excluding hydrogens is 337 g/mol. The minimum Gasteiger partial charge on any atom is -0.486 e. The Hall–Kier alpha value is -0.650. The monoisotopic (exact) mass is 359 g/mol. The van der Waals surface area contributed by atoms with E-state index in [-0.39, 0.29) is 18.0 Å². The van der Waals surface area contributed by atoms with Crippen LogP contribution in [-0.2, 0) is 4.74 Å². The van der Waals surface area contributed by atoms with Crippen LogP contribution in [0.3, 0.4) is 0 Å². The van der Waals surface area contributed by atoms with E-state index >= 15 is 0 Å². The van der Waals surface area contributed by atoms with E-state index in [0.29, 0.717) is 11.8 Å². The maximum Gasteiger partial charge on any atom is 0.136 e. The van der Waals surface area contributed by atoms with Gasteiger partial charge in [-0.25, -0.2) is 4.39 Å². The first-order valence-corrected chi connectivity index (χ1v) is 8.41. The Kier molecular flexibility index (Phi) is 6.45. The van der Waals surface area contributed by atoms with Crippen LogP contribution in [0.2, 0.25) is 0 Å². The van der Waals surface area contributed by atoms with Crippen molar-refractivity contribution in [1.29, 1.82) is 0 Å². The smallest absolute Gasteiger partial charge is 0.136 e. The lowest BCUT2D eigenvalue weighted by molar-refractivity contribution is -0.108. The van der Waals surface area contributed by atoms with E-state index in [2.05, 4.69) is 35.1 Å². The Balaban J connectivity index is 1.96. The number of benzene rings is 1. The molecule has 2 rings (SSSR count). The lowest BCUT2D eigenvalue weighted by atomic mass is 9.85. The highest BCUT2D eigenvalue weighted by molar-refractivity contribution is 9.10. The zero-order valence-electron chi connectivity index (χ0n) is 12.6. The molecule has 1 aliphatic rings. The second kappa shape index (κ2) is 8.11. The summed E-state index contributed by atoms with van der Waals surface area (Å²) in [5, 5.41) is 3.48. The molecule has 1 aromatic rings. The molecule has 3 unspecified atom stereocenters. The second-order valence-corrected chi connectivity index (χ2v) is 6.22. The van der Waals surface area contributed by atoms with E-state index in [0.717, 1.165) is 36.9 Å². The first kappa shape index (κ1) is 16.7. The summed E-state index contributed by atoms with van der Waals surface area (Å²) in [6.07, 6.45) is 2.97. The summed E-state index contributed by atoms with van der Waals surface area (Å²) in [7, 11) is 0. The summed E-state index contributed by atoms with van der Waals surface area (Å²) in [6, 6.07) is 4.81. The summed E-state index contributed by atoms with van der Waals surface area (Å²) in [5.74, 6) is 0.248. The molecule has 1 fully saturated rings. The van der Waals surface area contributed by atoms with Gasteiger partial charge in [0, 0.05) is 25.1 Å². The van der Waals surface area contributed by atoms with Gasteiger partial charge in [-0.05, 0) is 47.4 Å². The van der Waals surface area contributed by atoms with Gasteiger partial charge in [-0.1, -0.05) is 13.8 Å². The Bertz CT molecular complexity index is 458. The molecule has 5 heteroatoms. The van der Waals surface area contributed by atoms with E-state index in [4.69, 9.17) is 9.47 Å². The number of nitrogens with one attached hydrogen (secondary N) is 1. The van der Waals surface area contributed by atoms with Crippen LogP contribution in [0.4, 0.5) is 4.39 Å². The van der Waals surface area contributed by atoms with Crippen LogP contribution in [0.1, 0.15) is 33.1 Å². The molecular formula is C16H23BrFNO2. The van der Waals surface area contributed by atoms with Gasteiger partial charge in [0.25, 0.3) is 0 Å². The van der Waals surface area contributed by atoms with Crippen molar-refractivity contribution in [3.63, 3.8) is 0 Å². The number of hydrogen-bond acceptors (Lipinski definition) is 3. The van der Waals surface area contributed by atoms with Crippen LogP contribution in [0, 0.1) is 5.82 Å².